The number of rotatable bonds is 8. The lowest BCUT2D eigenvalue weighted by Crippen LogP contribution is -2.35. The standard InChI is InChI=1S/C15H31N/c1-4-12-16-15(11-7-8-13(2)3)14-9-5-6-10-14/h13-16H,4-12H2,1-3H3. The third-order valence-electron chi connectivity index (χ3n) is 3.92. The van der Waals surface area contributed by atoms with Crippen LogP contribution < -0.4 is 5.32 Å². The second kappa shape index (κ2) is 8.11. The highest BCUT2D eigenvalue weighted by Gasteiger charge is 2.23. The van der Waals surface area contributed by atoms with Crippen molar-refractivity contribution in [3.05, 3.63) is 0 Å². The summed E-state index contributed by atoms with van der Waals surface area (Å²) in [5.41, 5.74) is 0. The van der Waals surface area contributed by atoms with Crippen molar-refractivity contribution in [1.29, 1.82) is 0 Å². The third kappa shape index (κ3) is 5.34. The summed E-state index contributed by atoms with van der Waals surface area (Å²) in [5.74, 6) is 1.86. The molecule has 1 aliphatic rings. The van der Waals surface area contributed by atoms with Gasteiger partial charge in [0.25, 0.3) is 0 Å². The Kier molecular flexibility index (Phi) is 7.11. The molecule has 0 aliphatic heterocycles. The summed E-state index contributed by atoms with van der Waals surface area (Å²) in [6.45, 7) is 8.16. The second-order valence-electron chi connectivity index (χ2n) is 5.93. The maximum Gasteiger partial charge on any atom is 0.00953 e. The van der Waals surface area contributed by atoms with Crippen LogP contribution in [-0.2, 0) is 0 Å². The van der Waals surface area contributed by atoms with Crippen LogP contribution in [0.25, 0.3) is 0 Å². The van der Waals surface area contributed by atoms with Crippen molar-refractivity contribution in [2.75, 3.05) is 6.54 Å². The number of hydrogen-bond donors (Lipinski definition) is 1. The largest absolute Gasteiger partial charge is 0.314 e. The van der Waals surface area contributed by atoms with Gasteiger partial charge in [0.15, 0.2) is 0 Å². The fraction of sp³-hybridized carbons (Fsp3) is 1.00. The van der Waals surface area contributed by atoms with Gasteiger partial charge in [0.2, 0.25) is 0 Å². The molecule has 1 rings (SSSR count). The second-order valence-corrected chi connectivity index (χ2v) is 5.93. The SMILES string of the molecule is CCCNC(CCCC(C)C)C1CCCC1. The quantitative estimate of drug-likeness (QED) is 0.647. The van der Waals surface area contributed by atoms with Crippen molar-refractivity contribution in [3.8, 4) is 0 Å². The molecule has 1 unspecified atom stereocenters. The van der Waals surface area contributed by atoms with Crippen molar-refractivity contribution in [3.63, 3.8) is 0 Å². The van der Waals surface area contributed by atoms with E-state index in [0.29, 0.717) is 0 Å². The average Bonchev–Trinajstić information content (AvgIpc) is 2.75. The van der Waals surface area contributed by atoms with Crippen molar-refractivity contribution in [1.82, 2.24) is 5.32 Å². The Morgan fingerprint density at radius 1 is 1.12 bits per heavy atom. The van der Waals surface area contributed by atoms with Crippen molar-refractivity contribution < 1.29 is 0 Å². The van der Waals surface area contributed by atoms with Crippen molar-refractivity contribution >= 4 is 0 Å². The highest BCUT2D eigenvalue weighted by atomic mass is 14.9. The number of hydrogen-bond acceptors (Lipinski definition) is 1. The summed E-state index contributed by atoms with van der Waals surface area (Å²) in [7, 11) is 0. The molecule has 1 atom stereocenters. The topological polar surface area (TPSA) is 12.0 Å². The molecule has 1 saturated carbocycles. The predicted octanol–water partition coefficient (Wildman–Crippen LogP) is 4.37. The van der Waals surface area contributed by atoms with E-state index in [4.69, 9.17) is 0 Å². The lowest BCUT2D eigenvalue weighted by atomic mass is 9.92. The fourth-order valence-electron chi connectivity index (χ4n) is 2.94. The summed E-state index contributed by atoms with van der Waals surface area (Å²) in [6.07, 6.45) is 11.4. The van der Waals surface area contributed by atoms with Crippen LogP contribution in [0.3, 0.4) is 0 Å². The van der Waals surface area contributed by atoms with Gasteiger partial charge in [-0.3, -0.25) is 0 Å². The third-order valence-corrected chi connectivity index (χ3v) is 3.92. The van der Waals surface area contributed by atoms with E-state index in [-0.39, 0.29) is 0 Å². The Morgan fingerprint density at radius 3 is 2.38 bits per heavy atom. The van der Waals surface area contributed by atoms with Crippen LogP contribution in [0.5, 0.6) is 0 Å². The van der Waals surface area contributed by atoms with E-state index >= 15 is 0 Å². The molecule has 0 heterocycles. The van der Waals surface area contributed by atoms with Crippen molar-refractivity contribution in [2.45, 2.75) is 78.2 Å². The van der Waals surface area contributed by atoms with Gasteiger partial charge in [-0.2, -0.15) is 0 Å². The lowest BCUT2D eigenvalue weighted by molar-refractivity contribution is 0.326. The molecule has 96 valence electrons. The van der Waals surface area contributed by atoms with Gasteiger partial charge in [-0.15, -0.1) is 0 Å². The van der Waals surface area contributed by atoms with Gasteiger partial charge < -0.3 is 5.32 Å². The van der Waals surface area contributed by atoms with E-state index in [1.54, 1.807) is 0 Å². The van der Waals surface area contributed by atoms with Gasteiger partial charge in [-0.1, -0.05) is 46.5 Å². The summed E-state index contributed by atoms with van der Waals surface area (Å²) in [4.78, 5) is 0. The van der Waals surface area contributed by atoms with Gasteiger partial charge in [0.1, 0.15) is 0 Å². The molecular weight excluding hydrogens is 194 g/mol. The molecule has 0 amide bonds. The smallest absolute Gasteiger partial charge is 0.00953 e. The molecule has 0 aromatic carbocycles. The first-order valence-electron chi connectivity index (χ1n) is 7.47. The molecule has 0 aromatic heterocycles. The molecule has 0 saturated heterocycles. The summed E-state index contributed by atoms with van der Waals surface area (Å²) in [5, 5.41) is 3.79. The summed E-state index contributed by atoms with van der Waals surface area (Å²) < 4.78 is 0. The van der Waals surface area contributed by atoms with Crippen LogP contribution in [-0.4, -0.2) is 12.6 Å². The Morgan fingerprint density at radius 2 is 1.81 bits per heavy atom. The van der Waals surface area contributed by atoms with Gasteiger partial charge in [0.05, 0.1) is 0 Å². The zero-order valence-electron chi connectivity index (χ0n) is 11.6. The van der Waals surface area contributed by atoms with E-state index in [1.165, 1.54) is 57.9 Å². The molecule has 1 aliphatic carbocycles. The van der Waals surface area contributed by atoms with Gasteiger partial charge >= 0.3 is 0 Å². The van der Waals surface area contributed by atoms with Gasteiger partial charge in [0, 0.05) is 6.04 Å². The van der Waals surface area contributed by atoms with E-state index < -0.39 is 0 Å². The Bertz CT molecular complexity index is 159. The zero-order valence-corrected chi connectivity index (χ0v) is 11.6. The van der Waals surface area contributed by atoms with E-state index in [9.17, 15) is 0 Å². The monoisotopic (exact) mass is 225 g/mol. The van der Waals surface area contributed by atoms with E-state index in [2.05, 4.69) is 26.1 Å². The van der Waals surface area contributed by atoms with Crippen molar-refractivity contribution in [2.24, 2.45) is 11.8 Å². The van der Waals surface area contributed by atoms with E-state index in [0.717, 1.165) is 17.9 Å². The molecule has 0 bridgehead atoms. The molecule has 1 N–H and O–H groups in total. The first-order chi connectivity index (χ1) is 7.74. The van der Waals surface area contributed by atoms with Crippen LogP contribution in [0, 0.1) is 11.8 Å². The molecule has 16 heavy (non-hydrogen) atoms. The summed E-state index contributed by atoms with van der Waals surface area (Å²) >= 11 is 0. The normalized spacial score (nSPS) is 19.5. The average molecular weight is 225 g/mol. The minimum absolute atomic E-state index is 0.821. The van der Waals surface area contributed by atoms with Crippen LogP contribution in [0.15, 0.2) is 0 Å². The van der Waals surface area contributed by atoms with Crippen LogP contribution in [0.1, 0.15) is 72.1 Å². The van der Waals surface area contributed by atoms with Crippen LogP contribution >= 0.6 is 0 Å². The Labute approximate surface area is 102 Å². The van der Waals surface area contributed by atoms with Gasteiger partial charge in [-0.05, 0) is 44.1 Å². The molecule has 1 fully saturated rings. The Balaban J connectivity index is 2.25. The molecule has 0 aromatic rings. The predicted molar refractivity (Wildman–Crippen MR) is 72.7 cm³/mol. The zero-order chi connectivity index (χ0) is 11.8. The highest BCUT2D eigenvalue weighted by molar-refractivity contribution is 4.80. The minimum Gasteiger partial charge on any atom is -0.314 e. The van der Waals surface area contributed by atoms with Crippen LogP contribution in [0.4, 0.5) is 0 Å². The molecule has 1 heteroatoms. The first-order valence-corrected chi connectivity index (χ1v) is 7.47. The fourth-order valence-corrected chi connectivity index (χ4v) is 2.94. The summed E-state index contributed by atoms with van der Waals surface area (Å²) in [6, 6.07) is 0.821. The van der Waals surface area contributed by atoms with E-state index in [1.807, 2.05) is 0 Å². The molecule has 0 spiro atoms. The van der Waals surface area contributed by atoms with Gasteiger partial charge in [-0.25, -0.2) is 0 Å². The number of nitrogens with one attached hydrogen (secondary N) is 1. The maximum absolute atomic E-state index is 3.79. The highest BCUT2D eigenvalue weighted by Crippen LogP contribution is 2.30. The lowest BCUT2D eigenvalue weighted by Gasteiger charge is -2.25. The minimum atomic E-state index is 0.821. The maximum atomic E-state index is 3.79. The first kappa shape index (κ1) is 14.0. The Hall–Kier alpha value is -0.0400. The molecular formula is C15H31N. The van der Waals surface area contributed by atoms with Crippen LogP contribution in [0.2, 0.25) is 0 Å². The molecule has 0 radical (unpaired) electrons. The molecule has 1 nitrogen and oxygen atoms in total.